The molecule has 2 aromatic heterocycles. The van der Waals surface area contributed by atoms with Crippen LogP contribution in [0.5, 0.6) is 0 Å². The van der Waals surface area contributed by atoms with Crippen molar-refractivity contribution in [3.05, 3.63) is 104 Å². The topological polar surface area (TPSA) is 207 Å². The third-order valence-corrected chi connectivity index (χ3v) is 10.2. The van der Waals surface area contributed by atoms with Gasteiger partial charge in [-0.25, -0.2) is 9.37 Å². The van der Waals surface area contributed by atoms with Gasteiger partial charge < -0.3 is 41.4 Å². The minimum Gasteiger partial charge on any atom is -0.497 e. The van der Waals surface area contributed by atoms with Crippen LogP contribution in [0.1, 0.15) is 64.2 Å². The predicted octanol–water partition coefficient (Wildman–Crippen LogP) is 1.78. The normalized spacial score (nSPS) is 14.4. The molecule has 1 aliphatic heterocycles. The second kappa shape index (κ2) is 16.6. The number of carbonyl (C=O) groups excluding carboxylic acids is 4. The van der Waals surface area contributed by atoms with E-state index in [1.165, 1.54) is 17.7 Å². The van der Waals surface area contributed by atoms with Crippen molar-refractivity contribution in [1.82, 2.24) is 30.8 Å². The van der Waals surface area contributed by atoms with Crippen LogP contribution in [-0.2, 0) is 49.9 Å². The van der Waals surface area contributed by atoms with E-state index in [2.05, 4.69) is 27.8 Å². The molecule has 0 saturated heterocycles. The van der Waals surface area contributed by atoms with Crippen LogP contribution in [0.15, 0.2) is 53.8 Å². The maximum Gasteiger partial charge on any atom is 0.257 e. The van der Waals surface area contributed by atoms with E-state index in [1.807, 2.05) is 30.3 Å². The molecule has 55 heavy (non-hydrogen) atoms. The number of nitrogens with one attached hydrogen (secondary N) is 4. The number of carbonyl (C=O) groups is 4. The average molecular weight is 754 g/mol. The van der Waals surface area contributed by atoms with Crippen LogP contribution in [0.4, 0.5) is 4.39 Å². The summed E-state index contributed by atoms with van der Waals surface area (Å²) < 4.78 is 22.0. The van der Waals surface area contributed by atoms with Crippen LogP contribution in [0, 0.1) is 12.7 Å². The average Bonchev–Trinajstić information content (AvgIpc) is 3.56. The molecule has 7 N–H and O–H groups in total. The summed E-state index contributed by atoms with van der Waals surface area (Å²) in [6.07, 6.45) is 1.60. The number of halogens is 1. The molecular formula is C40H44FN7O7. The highest BCUT2D eigenvalue weighted by atomic mass is 19.1. The zero-order valence-corrected chi connectivity index (χ0v) is 30.7. The molecule has 3 heterocycles. The maximum atomic E-state index is 15.2. The first kappa shape index (κ1) is 38.8. The number of nitrogens with zero attached hydrogens (tertiary/aromatic N) is 2. The van der Waals surface area contributed by atoms with Crippen LogP contribution in [0.25, 0.3) is 28.0 Å². The lowest BCUT2D eigenvalue weighted by atomic mass is 9.81. The smallest absolute Gasteiger partial charge is 0.257 e. The number of fused-ring (bicyclic) bond motifs is 4. The Labute approximate surface area is 316 Å². The second-order valence-electron chi connectivity index (χ2n) is 13.7. The van der Waals surface area contributed by atoms with Crippen LogP contribution in [0.3, 0.4) is 0 Å². The van der Waals surface area contributed by atoms with E-state index in [0.717, 1.165) is 27.6 Å². The molecule has 0 saturated carbocycles. The van der Waals surface area contributed by atoms with Crippen molar-refractivity contribution >= 4 is 40.3 Å². The van der Waals surface area contributed by atoms with Crippen molar-refractivity contribution in [2.75, 3.05) is 26.7 Å². The Morgan fingerprint density at radius 2 is 1.87 bits per heavy atom. The van der Waals surface area contributed by atoms with Gasteiger partial charge in [-0.3, -0.25) is 24.0 Å². The molecule has 1 unspecified atom stereocenters. The molecule has 15 heteroatoms. The van der Waals surface area contributed by atoms with E-state index >= 15 is 4.39 Å². The number of rotatable bonds is 15. The Morgan fingerprint density at radius 1 is 1.11 bits per heavy atom. The summed E-state index contributed by atoms with van der Waals surface area (Å²) in [7, 11) is 1.42. The Balaban J connectivity index is 1.12. The molecule has 4 amide bonds. The van der Waals surface area contributed by atoms with E-state index < -0.39 is 47.8 Å². The molecule has 1 aliphatic carbocycles. The predicted molar refractivity (Wildman–Crippen MR) is 203 cm³/mol. The number of pyridine rings is 2. The lowest BCUT2D eigenvalue weighted by molar-refractivity contribution is -0.130. The summed E-state index contributed by atoms with van der Waals surface area (Å²) in [5, 5.41) is 21.8. The SMILES string of the molecule is C=C(OC)c1cc2n(c(=O)c1CO)Cc1c-2nc2cc(F)c(C)c3c2c1[C@@H](NC(=O)CCCNC(=O)CNC(=O)C(Cc1ccccc1)NC(=O)CN)CC3. The number of amides is 4. The monoisotopic (exact) mass is 753 g/mol. The molecule has 6 rings (SSSR count). The molecule has 14 nitrogen and oxygen atoms in total. The van der Waals surface area contributed by atoms with Crippen LogP contribution in [0.2, 0.25) is 0 Å². The number of benzene rings is 2. The number of ether oxygens (including phenoxy) is 1. The quantitative estimate of drug-likeness (QED) is 0.0680. The first-order chi connectivity index (χ1) is 26.4. The number of aliphatic hydroxyl groups excluding tert-OH is 1. The number of methoxy groups -OCH3 is 1. The zero-order chi connectivity index (χ0) is 39.4. The van der Waals surface area contributed by atoms with Crippen molar-refractivity contribution in [3.63, 3.8) is 0 Å². The molecular weight excluding hydrogens is 709 g/mol. The Bertz CT molecular complexity index is 2260. The van der Waals surface area contributed by atoms with Gasteiger partial charge >= 0.3 is 0 Å². The van der Waals surface area contributed by atoms with E-state index in [0.29, 0.717) is 47.3 Å². The number of aryl methyl sites for hydroxylation is 1. The van der Waals surface area contributed by atoms with Crippen molar-refractivity contribution < 1.29 is 33.4 Å². The summed E-state index contributed by atoms with van der Waals surface area (Å²) in [5.74, 6) is -1.95. The third kappa shape index (κ3) is 7.98. The number of aliphatic hydroxyl groups is 1. The fourth-order valence-electron chi connectivity index (χ4n) is 7.41. The first-order valence-corrected chi connectivity index (χ1v) is 18.1. The minimum atomic E-state index is -0.922. The molecule has 4 aromatic rings. The second-order valence-corrected chi connectivity index (χ2v) is 13.7. The fourth-order valence-corrected chi connectivity index (χ4v) is 7.41. The van der Waals surface area contributed by atoms with Gasteiger partial charge in [0, 0.05) is 42.0 Å². The van der Waals surface area contributed by atoms with Gasteiger partial charge in [-0.05, 0) is 54.5 Å². The van der Waals surface area contributed by atoms with Gasteiger partial charge in [0.05, 0.1) is 61.9 Å². The molecule has 2 aliphatic rings. The zero-order valence-electron chi connectivity index (χ0n) is 30.7. The van der Waals surface area contributed by atoms with Crippen molar-refractivity contribution in [3.8, 4) is 11.4 Å². The standard InChI is InChI=1S/C40H44FN7O7/c1-21-24-11-12-29(45-33(50)10-7-13-43-35(52)18-44-39(53)31(46-34(51)17-42)14-23-8-5-4-6-9-23)37-26-19-48-32(38(26)47-30(36(24)37)16-28(21)41)15-25(22(2)55-3)27(20-49)40(48)54/h4-6,8-9,15-16,29,31,49H,2,7,10-14,17-20,42H2,1,3H3,(H,43,52)(H,44,53)(H,45,50)(H,46,51)/t29-,31?/m0/s1. The van der Waals surface area contributed by atoms with E-state index in [-0.39, 0.29) is 56.3 Å². The molecule has 2 atom stereocenters. The summed E-state index contributed by atoms with van der Waals surface area (Å²) in [5.41, 5.74) is 10.5. The Kier molecular flexibility index (Phi) is 11.7. The fraction of sp³-hybridized carbons (Fsp3) is 0.350. The highest BCUT2D eigenvalue weighted by Crippen LogP contribution is 2.45. The van der Waals surface area contributed by atoms with E-state index in [4.69, 9.17) is 15.5 Å². The Morgan fingerprint density at radius 3 is 2.58 bits per heavy atom. The first-order valence-electron chi connectivity index (χ1n) is 18.1. The largest absolute Gasteiger partial charge is 0.497 e. The minimum absolute atomic E-state index is 0.0845. The number of hydrogen-bond acceptors (Lipinski definition) is 9. The summed E-state index contributed by atoms with van der Waals surface area (Å²) in [4.78, 5) is 69.2. The third-order valence-electron chi connectivity index (χ3n) is 10.2. The maximum absolute atomic E-state index is 15.2. The molecule has 2 aromatic carbocycles. The summed E-state index contributed by atoms with van der Waals surface area (Å²) in [6.45, 7) is 4.77. The van der Waals surface area contributed by atoms with Gasteiger partial charge in [0.25, 0.3) is 5.56 Å². The van der Waals surface area contributed by atoms with Gasteiger partial charge in [-0.15, -0.1) is 0 Å². The van der Waals surface area contributed by atoms with Gasteiger partial charge in [-0.2, -0.15) is 0 Å². The highest BCUT2D eigenvalue weighted by molar-refractivity contribution is 5.94. The van der Waals surface area contributed by atoms with Gasteiger partial charge in [-0.1, -0.05) is 36.9 Å². The van der Waals surface area contributed by atoms with Crippen LogP contribution < -0.4 is 32.6 Å². The molecule has 0 spiro atoms. The van der Waals surface area contributed by atoms with Gasteiger partial charge in [0.2, 0.25) is 23.6 Å². The molecule has 0 radical (unpaired) electrons. The highest BCUT2D eigenvalue weighted by Gasteiger charge is 2.35. The van der Waals surface area contributed by atoms with E-state index in [1.54, 1.807) is 13.0 Å². The van der Waals surface area contributed by atoms with Crippen molar-refractivity contribution in [2.24, 2.45) is 5.73 Å². The molecule has 0 bridgehead atoms. The van der Waals surface area contributed by atoms with Crippen molar-refractivity contribution in [2.45, 2.75) is 64.3 Å². The van der Waals surface area contributed by atoms with Crippen LogP contribution >= 0.6 is 0 Å². The van der Waals surface area contributed by atoms with Crippen molar-refractivity contribution in [1.29, 1.82) is 0 Å². The number of nitrogens with two attached hydrogens (primary N) is 1. The summed E-state index contributed by atoms with van der Waals surface area (Å²) >= 11 is 0. The summed E-state index contributed by atoms with van der Waals surface area (Å²) in [6, 6.07) is 10.8. The van der Waals surface area contributed by atoms with Gasteiger partial charge in [0.1, 0.15) is 17.6 Å². The lowest BCUT2D eigenvalue weighted by Gasteiger charge is -2.29. The number of aromatic nitrogens is 2. The van der Waals surface area contributed by atoms with Crippen LogP contribution in [-0.4, -0.2) is 71.1 Å². The molecule has 0 fully saturated rings. The van der Waals surface area contributed by atoms with Gasteiger partial charge in [0.15, 0.2) is 0 Å². The van der Waals surface area contributed by atoms with E-state index in [9.17, 15) is 29.1 Å². The lowest BCUT2D eigenvalue weighted by Crippen LogP contribution is -2.51. The Hall–Kier alpha value is -5.93. The molecule has 288 valence electrons. The number of hydrogen-bond donors (Lipinski definition) is 6.